The van der Waals surface area contributed by atoms with E-state index in [0.29, 0.717) is 0 Å². The molecule has 92 valence electrons. The van der Waals surface area contributed by atoms with Gasteiger partial charge in [-0.05, 0) is 73.1 Å². The van der Waals surface area contributed by atoms with Gasteiger partial charge in [-0.2, -0.15) is 0 Å². The topological polar surface area (TPSA) is 0 Å². The van der Waals surface area contributed by atoms with Crippen LogP contribution < -0.4 is 0 Å². The average Bonchev–Trinajstić information content (AvgIpc) is 2.33. The van der Waals surface area contributed by atoms with E-state index in [0.717, 1.165) is 17.8 Å². The van der Waals surface area contributed by atoms with Crippen molar-refractivity contribution in [1.82, 2.24) is 0 Å². The van der Waals surface area contributed by atoms with E-state index in [-0.39, 0.29) is 0 Å². The summed E-state index contributed by atoms with van der Waals surface area (Å²) in [7, 11) is 0. The van der Waals surface area contributed by atoms with Gasteiger partial charge >= 0.3 is 0 Å². The number of hydrogen-bond donors (Lipinski definition) is 0. The second kappa shape index (κ2) is 4.15. The molecule has 0 aromatic heterocycles. The third-order valence-corrected chi connectivity index (χ3v) is 5.15. The van der Waals surface area contributed by atoms with E-state index in [1.165, 1.54) is 37.7 Å². The van der Waals surface area contributed by atoms with Gasteiger partial charge in [-0.1, -0.05) is 31.9 Å². The summed E-state index contributed by atoms with van der Waals surface area (Å²) in [4.78, 5) is 0. The SMILES string of the molecule is Cc1ccc(C)c2c1C(C)CC1CCCCC21. The lowest BCUT2D eigenvalue weighted by molar-refractivity contribution is 0.257. The van der Waals surface area contributed by atoms with Crippen molar-refractivity contribution >= 4 is 0 Å². The van der Waals surface area contributed by atoms with Gasteiger partial charge < -0.3 is 0 Å². The molecule has 2 aliphatic carbocycles. The molecule has 3 rings (SSSR count). The smallest absolute Gasteiger partial charge is 0.0128 e. The lowest BCUT2D eigenvalue weighted by Crippen LogP contribution is -2.27. The molecular formula is C17H24. The molecule has 3 unspecified atom stereocenters. The van der Waals surface area contributed by atoms with E-state index in [9.17, 15) is 0 Å². The Labute approximate surface area is 105 Å². The van der Waals surface area contributed by atoms with Crippen LogP contribution in [0, 0.1) is 19.8 Å². The molecule has 0 bridgehead atoms. The van der Waals surface area contributed by atoms with Crippen LogP contribution in [0.3, 0.4) is 0 Å². The van der Waals surface area contributed by atoms with Crippen molar-refractivity contribution in [3.63, 3.8) is 0 Å². The summed E-state index contributed by atoms with van der Waals surface area (Å²) in [5.74, 6) is 2.64. The third kappa shape index (κ3) is 1.73. The summed E-state index contributed by atoms with van der Waals surface area (Å²) < 4.78 is 0. The van der Waals surface area contributed by atoms with Crippen LogP contribution in [0.4, 0.5) is 0 Å². The standard InChI is InChI=1S/C17H24/c1-11-8-9-12(2)17-15-7-5-4-6-14(15)10-13(3)16(11)17/h8-9,13-15H,4-7,10H2,1-3H3. The maximum Gasteiger partial charge on any atom is -0.0128 e. The fraction of sp³-hybridized carbons (Fsp3) is 0.647. The highest BCUT2D eigenvalue weighted by atomic mass is 14.4. The molecule has 0 heteroatoms. The van der Waals surface area contributed by atoms with Gasteiger partial charge in [0.25, 0.3) is 0 Å². The predicted octanol–water partition coefficient (Wildman–Crippen LogP) is 5.08. The fourth-order valence-corrected chi connectivity index (χ4v) is 4.44. The van der Waals surface area contributed by atoms with Crippen LogP contribution in [0.15, 0.2) is 12.1 Å². The molecule has 0 amide bonds. The van der Waals surface area contributed by atoms with Crippen LogP contribution in [0.5, 0.6) is 0 Å². The van der Waals surface area contributed by atoms with E-state index in [1.807, 2.05) is 0 Å². The predicted molar refractivity (Wildman–Crippen MR) is 73.6 cm³/mol. The Bertz CT molecular complexity index is 430. The van der Waals surface area contributed by atoms with Crippen molar-refractivity contribution in [2.75, 3.05) is 0 Å². The van der Waals surface area contributed by atoms with Crippen LogP contribution in [0.1, 0.15) is 73.1 Å². The minimum Gasteiger partial charge on any atom is -0.0588 e. The second-order valence-electron chi connectivity index (χ2n) is 6.31. The summed E-state index contributed by atoms with van der Waals surface area (Å²) in [5, 5.41) is 0. The van der Waals surface area contributed by atoms with Gasteiger partial charge in [0.2, 0.25) is 0 Å². The lowest BCUT2D eigenvalue weighted by Gasteiger charge is -2.41. The minimum atomic E-state index is 0.782. The quantitative estimate of drug-likeness (QED) is 0.580. The van der Waals surface area contributed by atoms with Crippen LogP contribution in [0.2, 0.25) is 0 Å². The maximum absolute atomic E-state index is 2.44. The zero-order chi connectivity index (χ0) is 12.0. The first-order chi connectivity index (χ1) is 8.18. The van der Waals surface area contributed by atoms with Crippen LogP contribution in [-0.4, -0.2) is 0 Å². The van der Waals surface area contributed by atoms with Gasteiger partial charge in [-0.25, -0.2) is 0 Å². The van der Waals surface area contributed by atoms with Gasteiger partial charge in [0.15, 0.2) is 0 Å². The highest BCUT2D eigenvalue weighted by molar-refractivity contribution is 5.46. The molecule has 3 atom stereocenters. The molecule has 1 aromatic carbocycles. The summed E-state index contributed by atoms with van der Waals surface area (Å²) in [6.45, 7) is 7.07. The summed E-state index contributed by atoms with van der Waals surface area (Å²) in [6.07, 6.45) is 7.26. The molecule has 0 heterocycles. The minimum absolute atomic E-state index is 0.782. The van der Waals surface area contributed by atoms with E-state index in [1.54, 1.807) is 16.7 Å². The number of benzene rings is 1. The molecule has 0 spiro atoms. The Hall–Kier alpha value is -0.780. The first-order valence-electron chi connectivity index (χ1n) is 7.28. The van der Waals surface area contributed by atoms with Crippen molar-refractivity contribution in [2.24, 2.45) is 5.92 Å². The molecule has 0 saturated heterocycles. The molecular weight excluding hydrogens is 204 g/mol. The summed E-state index contributed by atoms with van der Waals surface area (Å²) in [6, 6.07) is 4.67. The number of fused-ring (bicyclic) bond motifs is 3. The van der Waals surface area contributed by atoms with E-state index in [4.69, 9.17) is 0 Å². The Morgan fingerprint density at radius 2 is 1.59 bits per heavy atom. The van der Waals surface area contributed by atoms with Gasteiger partial charge in [-0.3, -0.25) is 0 Å². The maximum atomic E-state index is 2.44. The van der Waals surface area contributed by atoms with Crippen LogP contribution in [-0.2, 0) is 0 Å². The van der Waals surface area contributed by atoms with E-state index < -0.39 is 0 Å². The van der Waals surface area contributed by atoms with E-state index in [2.05, 4.69) is 32.9 Å². The molecule has 17 heavy (non-hydrogen) atoms. The molecule has 1 fully saturated rings. The van der Waals surface area contributed by atoms with Crippen LogP contribution in [0.25, 0.3) is 0 Å². The van der Waals surface area contributed by atoms with Gasteiger partial charge in [0.05, 0.1) is 0 Å². The van der Waals surface area contributed by atoms with Crippen LogP contribution >= 0.6 is 0 Å². The number of aryl methyl sites for hydroxylation is 2. The molecule has 0 aliphatic heterocycles. The average molecular weight is 228 g/mol. The molecule has 2 aliphatic rings. The third-order valence-electron chi connectivity index (χ3n) is 5.15. The zero-order valence-electron chi connectivity index (χ0n) is 11.4. The highest BCUT2D eigenvalue weighted by Crippen LogP contribution is 2.50. The number of hydrogen-bond acceptors (Lipinski definition) is 0. The zero-order valence-corrected chi connectivity index (χ0v) is 11.4. The molecule has 0 N–H and O–H groups in total. The van der Waals surface area contributed by atoms with Gasteiger partial charge in [-0.15, -0.1) is 0 Å². The van der Waals surface area contributed by atoms with Crippen molar-refractivity contribution in [2.45, 2.75) is 64.7 Å². The van der Waals surface area contributed by atoms with Crippen molar-refractivity contribution < 1.29 is 0 Å². The molecule has 0 nitrogen and oxygen atoms in total. The number of rotatable bonds is 0. The van der Waals surface area contributed by atoms with Crippen molar-refractivity contribution in [3.8, 4) is 0 Å². The molecule has 0 radical (unpaired) electrons. The second-order valence-corrected chi connectivity index (χ2v) is 6.31. The van der Waals surface area contributed by atoms with E-state index >= 15 is 0 Å². The Morgan fingerprint density at radius 3 is 2.35 bits per heavy atom. The highest BCUT2D eigenvalue weighted by Gasteiger charge is 2.36. The fourth-order valence-electron chi connectivity index (χ4n) is 4.44. The first kappa shape index (κ1) is 11.3. The van der Waals surface area contributed by atoms with Crippen molar-refractivity contribution in [1.29, 1.82) is 0 Å². The summed E-state index contributed by atoms with van der Waals surface area (Å²) in [5.41, 5.74) is 6.53. The largest absolute Gasteiger partial charge is 0.0588 e. The monoisotopic (exact) mass is 228 g/mol. The lowest BCUT2D eigenvalue weighted by atomic mass is 9.63. The molecule has 1 aromatic rings. The summed E-state index contributed by atoms with van der Waals surface area (Å²) >= 11 is 0. The Balaban J connectivity index is 2.14. The Morgan fingerprint density at radius 1 is 0.941 bits per heavy atom. The Kier molecular flexibility index (Phi) is 2.77. The van der Waals surface area contributed by atoms with Gasteiger partial charge in [0.1, 0.15) is 0 Å². The van der Waals surface area contributed by atoms with Crippen molar-refractivity contribution in [3.05, 3.63) is 34.4 Å². The van der Waals surface area contributed by atoms with Gasteiger partial charge in [0, 0.05) is 0 Å². The molecule has 1 saturated carbocycles. The normalized spacial score (nSPS) is 31.8. The first-order valence-corrected chi connectivity index (χ1v) is 7.28.